The number of imide groups is 1. The molecule has 1 aliphatic heterocycles. The minimum Gasteiger partial charge on any atom is -0.375 e. The summed E-state index contributed by atoms with van der Waals surface area (Å²) in [6.07, 6.45) is 1.95. The Balaban J connectivity index is 1.35. The summed E-state index contributed by atoms with van der Waals surface area (Å²) in [7, 11) is 2.05. The monoisotopic (exact) mass is 393 g/mol. The van der Waals surface area contributed by atoms with E-state index in [2.05, 4.69) is 29.4 Å². The van der Waals surface area contributed by atoms with Crippen LogP contribution in [0.5, 0.6) is 0 Å². The molecule has 0 bridgehead atoms. The molecule has 3 rings (SSSR count). The molecule has 1 aliphatic rings. The number of benzene rings is 2. The highest BCUT2D eigenvalue weighted by Gasteiger charge is 2.35. The van der Waals surface area contributed by atoms with E-state index >= 15 is 0 Å². The van der Waals surface area contributed by atoms with Crippen molar-refractivity contribution in [2.75, 3.05) is 31.6 Å². The molecule has 29 heavy (non-hydrogen) atoms. The topological polar surface area (TPSA) is 69.7 Å². The Bertz CT molecular complexity index is 895. The van der Waals surface area contributed by atoms with Crippen molar-refractivity contribution in [3.05, 3.63) is 65.2 Å². The molecular formula is C23H27N3O3. The number of fused-ring (bicyclic) bond motifs is 1. The molecule has 0 radical (unpaired) electrons. The largest absolute Gasteiger partial charge is 0.375 e. The highest BCUT2D eigenvalue weighted by Crippen LogP contribution is 2.23. The predicted molar refractivity (Wildman–Crippen MR) is 113 cm³/mol. The summed E-state index contributed by atoms with van der Waals surface area (Å²) in [5, 5.41) is 2.87. The van der Waals surface area contributed by atoms with Crippen LogP contribution in [-0.4, -0.2) is 49.3 Å². The number of hydrogen-bond acceptors (Lipinski definition) is 4. The Hall–Kier alpha value is -3.15. The molecule has 0 aliphatic carbocycles. The number of unbranched alkanes of at least 4 members (excludes halogenated alkanes) is 1. The lowest BCUT2D eigenvalue weighted by molar-refractivity contribution is -0.121. The van der Waals surface area contributed by atoms with Crippen LogP contribution in [0.25, 0.3) is 0 Å². The molecule has 1 N–H and O–H groups in total. The zero-order chi connectivity index (χ0) is 20.8. The van der Waals surface area contributed by atoms with Crippen LogP contribution in [0.15, 0.2) is 48.5 Å². The second kappa shape index (κ2) is 9.37. The average Bonchev–Trinajstić information content (AvgIpc) is 2.96. The Labute approximate surface area is 171 Å². The molecule has 0 unspecified atom stereocenters. The maximum Gasteiger partial charge on any atom is 0.261 e. The summed E-state index contributed by atoms with van der Waals surface area (Å²) in [4.78, 5) is 40.2. The molecule has 0 spiro atoms. The first-order valence-corrected chi connectivity index (χ1v) is 9.97. The van der Waals surface area contributed by atoms with Gasteiger partial charge in [-0.1, -0.05) is 29.8 Å². The Morgan fingerprint density at radius 1 is 1.00 bits per heavy atom. The first-order chi connectivity index (χ1) is 14.0. The van der Waals surface area contributed by atoms with Gasteiger partial charge in [-0.25, -0.2) is 0 Å². The van der Waals surface area contributed by atoms with E-state index in [-0.39, 0.29) is 30.7 Å². The van der Waals surface area contributed by atoms with Gasteiger partial charge in [-0.05, 0) is 44.0 Å². The summed E-state index contributed by atoms with van der Waals surface area (Å²) in [5.74, 6) is -0.777. The van der Waals surface area contributed by atoms with Crippen LogP contribution in [0.4, 0.5) is 5.69 Å². The zero-order valence-corrected chi connectivity index (χ0v) is 17.0. The number of rotatable bonds is 9. The third kappa shape index (κ3) is 5.02. The van der Waals surface area contributed by atoms with Crippen LogP contribution in [0.1, 0.15) is 45.5 Å². The van der Waals surface area contributed by atoms with E-state index in [1.807, 2.05) is 31.2 Å². The number of nitrogens with one attached hydrogen (secondary N) is 1. The minimum absolute atomic E-state index is 0.105. The van der Waals surface area contributed by atoms with E-state index in [9.17, 15) is 14.4 Å². The van der Waals surface area contributed by atoms with E-state index < -0.39 is 0 Å². The summed E-state index contributed by atoms with van der Waals surface area (Å²) in [5.41, 5.74) is 2.96. The molecule has 152 valence electrons. The maximum atomic E-state index is 12.4. The fraction of sp³-hybridized carbons (Fsp3) is 0.348. The van der Waals surface area contributed by atoms with Gasteiger partial charge in [-0.15, -0.1) is 0 Å². The average molecular weight is 393 g/mol. The van der Waals surface area contributed by atoms with Crippen LogP contribution in [0, 0.1) is 6.92 Å². The van der Waals surface area contributed by atoms with Crippen molar-refractivity contribution in [3.8, 4) is 0 Å². The highest BCUT2D eigenvalue weighted by molar-refractivity contribution is 6.21. The second-order valence-electron chi connectivity index (χ2n) is 7.38. The third-order valence-corrected chi connectivity index (χ3v) is 5.13. The van der Waals surface area contributed by atoms with E-state index in [4.69, 9.17) is 0 Å². The molecule has 3 amide bonds. The van der Waals surface area contributed by atoms with Crippen molar-refractivity contribution in [1.82, 2.24) is 10.2 Å². The van der Waals surface area contributed by atoms with Crippen molar-refractivity contribution >= 4 is 23.4 Å². The van der Waals surface area contributed by atoms with Gasteiger partial charge in [0.15, 0.2) is 0 Å². The number of carbonyl (C=O) groups is 3. The first-order valence-electron chi connectivity index (χ1n) is 9.97. The van der Waals surface area contributed by atoms with Gasteiger partial charge in [-0.3, -0.25) is 19.3 Å². The molecule has 0 fully saturated rings. The van der Waals surface area contributed by atoms with Crippen molar-refractivity contribution in [3.63, 3.8) is 0 Å². The second-order valence-corrected chi connectivity index (χ2v) is 7.38. The molecule has 6 nitrogen and oxygen atoms in total. The van der Waals surface area contributed by atoms with E-state index in [1.165, 1.54) is 10.6 Å². The summed E-state index contributed by atoms with van der Waals surface area (Å²) < 4.78 is 0. The van der Waals surface area contributed by atoms with Gasteiger partial charge < -0.3 is 10.2 Å². The van der Waals surface area contributed by atoms with Crippen molar-refractivity contribution in [2.24, 2.45) is 0 Å². The summed E-state index contributed by atoms with van der Waals surface area (Å²) in [6, 6.07) is 15.4. The summed E-state index contributed by atoms with van der Waals surface area (Å²) in [6.45, 7) is 3.48. The quantitative estimate of drug-likeness (QED) is 0.525. The number of anilines is 1. The molecule has 0 saturated heterocycles. The number of carbonyl (C=O) groups excluding carboxylic acids is 3. The lowest BCUT2D eigenvalue weighted by Gasteiger charge is -2.19. The van der Waals surface area contributed by atoms with Gasteiger partial charge in [0.2, 0.25) is 5.91 Å². The predicted octanol–water partition coefficient (Wildman–Crippen LogP) is 3.01. The van der Waals surface area contributed by atoms with Gasteiger partial charge >= 0.3 is 0 Å². The van der Waals surface area contributed by atoms with Gasteiger partial charge in [0.1, 0.15) is 0 Å². The molecule has 6 heteroatoms. The van der Waals surface area contributed by atoms with Crippen molar-refractivity contribution in [2.45, 2.75) is 26.2 Å². The fourth-order valence-electron chi connectivity index (χ4n) is 3.42. The lowest BCUT2D eigenvalue weighted by atomic mass is 10.1. The standard InChI is InChI=1S/C23H27N3O3/c1-17-10-11-19-20(16-17)23(29)26(22(19)28)15-12-21(27)24-13-6-7-14-25(2)18-8-4-3-5-9-18/h3-5,8-11,16H,6-7,12-15H2,1-2H3,(H,24,27). The van der Waals surface area contributed by atoms with Gasteiger partial charge in [0.25, 0.3) is 11.8 Å². The normalized spacial score (nSPS) is 12.8. The van der Waals surface area contributed by atoms with E-state index in [0.717, 1.165) is 24.9 Å². The molecular weight excluding hydrogens is 366 g/mol. The number of para-hydroxylation sites is 1. The third-order valence-electron chi connectivity index (χ3n) is 5.13. The van der Waals surface area contributed by atoms with Crippen LogP contribution in [-0.2, 0) is 4.79 Å². The molecule has 2 aromatic rings. The van der Waals surface area contributed by atoms with Crippen molar-refractivity contribution < 1.29 is 14.4 Å². The molecule has 0 atom stereocenters. The zero-order valence-electron chi connectivity index (χ0n) is 17.0. The maximum absolute atomic E-state index is 12.4. The van der Waals surface area contributed by atoms with Crippen molar-refractivity contribution in [1.29, 1.82) is 0 Å². The smallest absolute Gasteiger partial charge is 0.261 e. The first kappa shape index (κ1) is 20.6. The van der Waals surface area contributed by atoms with Crippen LogP contribution in [0.3, 0.4) is 0 Å². The Morgan fingerprint density at radius 3 is 2.48 bits per heavy atom. The lowest BCUT2D eigenvalue weighted by Crippen LogP contribution is -2.35. The van der Waals surface area contributed by atoms with Crippen LogP contribution < -0.4 is 10.2 Å². The SMILES string of the molecule is Cc1ccc2c(c1)C(=O)N(CCC(=O)NCCCCN(C)c1ccccc1)C2=O. The van der Waals surface area contributed by atoms with Crippen LogP contribution in [0.2, 0.25) is 0 Å². The number of nitrogens with zero attached hydrogens (tertiary/aromatic N) is 2. The van der Waals surface area contributed by atoms with Gasteiger partial charge in [0, 0.05) is 38.8 Å². The molecule has 2 aromatic carbocycles. The molecule has 0 aromatic heterocycles. The fourth-order valence-corrected chi connectivity index (χ4v) is 3.42. The Kier molecular flexibility index (Phi) is 6.65. The van der Waals surface area contributed by atoms with Crippen LogP contribution >= 0.6 is 0 Å². The van der Waals surface area contributed by atoms with E-state index in [1.54, 1.807) is 12.1 Å². The van der Waals surface area contributed by atoms with E-state index in [0.29, 0.717) is 17.7 Å². The highest BCUT2D eigenvalue weighted by atomic mass is 16.2. The van der Waals surface area contributed by atoms with Gasteiger partial charge in [-0.2, -0.15) is 0 Å². The number of aryl methyl sites for hydroxylation is 1. The molecule has 1 heterocycles. The Morgan fingerprint density at radius 2 is 1.72 bits per heavy atom. The minimum atomic E-state index is -0.318. The number of amides is 3. The van der Waals surface area contributed by atoms with Gasteiger partial charge in [0.05, 0.1) is 11.1 Å². The summed E-state index contributed by atoms with van der Waals surface area (Å²) >= 11 is 0. The number of hydrogen-bond donors (Lipinski definition) is 1. The molecule has 0 saturated carbocycles.